The molecule has 0 atom stereocenters. The minimum atomic E-state index is -0.357. The highest BCUT2D eigenvalue weighted by Gasteiger charge is 2.14. The summed E-state index contributed by atoms with van der Waals surface area (Å²) in [5.41, 5.74) is -0.243. The molecule has 1 amide bonds. The first-order valence-corrected chi connectivity index (χ1v) is 4.23. The van der Waals surface area contributed by atoms with Gasteiger partial charge in [0.2, 0.25) is 5.91 Å². The maximum absolute atomic E-state index is 11.2. The Kier molecular flexibility index (Phi) is 4.45. The number of hydrogen-bond donors (Lipinski definition) is 1. The predicted molar refractivity (Wildman–Crippen MR) is 49.1 cm³/mol. The number of amides is 1. The summed E-state index contributed by atoms with van der Waals surface area (Å²) in [6.45, 7) is 5.68. The van der Waals surface area contributed by atoms with Crippen LogP contribution in [0.3, 0.4) is 0 Å². The standard InChI is InChI=1S/C9H17NO3/c1-9(2,3)10-7(11)5-6-8(12)13-4/h5-6H2,1-4H3,(H,10,11). The lowest BCUT2D eigenvalue weighted by atomic mass is 10.1. The lowest BCUT2D eigenvalue weighted by Gasteiger charge is -2.20. The predicted octanol–water partition coefficient (Wildman–Crippen LogP) is 0.854. The molecule has 0 unspecified atom stereocenters. The fraction of sp³-hybridized carbons (Fsp3) is 0.778. The molecule has 0 aliphatic carbocycles. The van der Waals surface area contributed by atoms with Crippen LogP contribution in [0.25, 0.3) is 0 Å². The summed E-state index contributed by atoms with van der Waals surface area (Å²) in [6, 6.07) is 0. The maximum atomic E-state index is 11.2. The summed E-state index contributed by atoms with van der Waals surface area (Å²) >= 11 is 0. The van der Waals surface area contributed by atoms with Crippen molar-refractivity contribution < 1.29 is 14.3 Å². The summed E-state index contributed by atoms with van der Waals surface area (Å²) in [5, 5.41) is 2.75. The van der Waals surface area contributed by atoms with E-state index < -0.39 is 0 Å². The van der Waals surface area contributed by atoms with E-state index in [1.807, 2.05) is 20.8 Å². The molecular formula is C9H17NO3. The highest BCUT2D eigenvalue weighted by atomic mass is 16.5. The topological polar surface area (TPSA) is 55.4 Å². The molecule has 0 aromatic carbocycles. The van der Waals surface area contributed by atoms with Gasteiger partial charge in [0.1, 0.15) is 0 Å². The average molecular weight is 187 g/mol. The normalized spacial score (nSPS) is 10.8. The first-order valence-electron chi connectivity index (χ1n) is 4.23. The van der Waals surface area contributed by atoms with Gasteiger partial charge in [0, 0.05) is 12.0 Å². The minimum Gasteiger partial charge on any atom is -0.469 e. The summed E-state index contributed by atoms with van der Waals surface area (Å²) < 4.78 is 4.41. The van der Waals surface area contributed by atoms with Gasteiger partial charge in [0.15, 0.2) is 0 Å². The van der Waals surface area contributed by atoms with E-state index in [1.165, 1.54) is 7.11 Å². The van der Waals surface area contributed by atoms with E-state index in [2.05, 4.69) is 10.1 Å². The molecule has 0 saturated carbocycles. The van der Waals surface area contributed by atoms with Crippen molar-refractivity contribution in [1.29, 1.82) is 0 Å². The Balaban J connectivity index is 3.71. The van der Waals surface area contributed by atoms with Crippen LogP contribution in [-0.2, 0) is 14.3 Å². The first-order chi connectivity index (χ1) is 5.85. The van der Waals surface area contributed by atoms with Crippen LogP contribution >= 0.6 is 0 Å². The van der Waals surface area contributed by atoms with E-state index in [9.17, 15) is 9.59 Å². The van der Waals surface area contributed by atoms with Gasteiger partial charge in [0.05, 0.1) is 13.5 Å². The van der Waals surface area contributed by atoms with Crippen molar-refractivity contribution in [2.24, 2.45) is 0 Å². The number of esters is 1. The van der Waals surface area contributed by atoms with Crippen LogP contribution in [0.5, 0.6) is 0 Å². The molecule has 0 spiro atoms. The number of ether oxygens (including phenoxy) is 1. The number of carbonyl (C=O) groups excluding carboxylic acids is 2. The average Bonchev–Trinajstić information content (AvgIpc) is 1.97. The van der Waals surface area contributed by atoms with Crippen molar-refractivity contribution >= 4 is 11.9 Å². The number of rotatable bonds is 3. The fourth-order valence-electron chi connectivity index (χ4n) is 0.798. The van der Waals surface area contributed by atoms with Crippen molar-refractivity contribution in [2.75, 3.05) is 7.11 Å². The molecule has 0 radical (unpaired) electrons. The third-order valence-electron chi connectivity index (χ3n) is 1.30. The van der Waals surface area contributed by atoms with Crippen molar-refractivity contribution in [1.82, 2.24) is 5.32 Å². The molecule has 4 nitrogen and oxygen atoms in total. The smallest absolute Gasteiger partial charge is 0.306 e. The second-order valence-electron chi connectivity index (χ2n) is 3.87. The van der Waals surface area contributed by atoms with Crippen LogP contribution < -0.4 is 5.32 Å². The monoisotopic (exact) mass is 187 g/mol. The molecular weight excluding hydrogens is 170 g/mol. The molecule has 0 aromatic rings. The van der Waals surface area contributed by atoms with Gasteiger partial charge in [-0.2, -0.15) is 0 Å². The summed E-state index contributed by atoms with van der Waals surface area (Å²) in [7, 11) is 1.31. The van der Waals surface area contributed by atoms with Crippen molar-refractivity contribution in [2.45, 2.75) is 39.2 Å². The van der Waals surface area contributed by atoms with E-state index >= 15 is 0 Å². The van der Waals surface area contributed by atoms with Crippen LogP contribution in [0.4, 0.5) is 0 Å². The number of carbonyl (C=O) groups is 2. The third kappa shape index (κ3) is 7.31. The molecule has 1 N–H and O–H groups in total. The molecule has 0 heterocycles. The molecule has 0 fully saturated rings. The van der Waals surface area contributed by atoms with E-state index in [1.54, 1.807) is 0 Å². The van der Waals surface area contributed by atoms with Gasteiger partial charge in [0.25, 0.3) is 0 Å². The van der Waals surface area contributed by atoms with E-state index in [0.717, 1.165) is 0 Å². The SMILES string of the molecule is COC(=O)CCC(=O)NC(C)(C)C. The second-order valence-corrected chi connectivity index (χ2v) is 3.87. The van der Waals surface area contributed by atoms with Crippen molar-refractivity contribution in [3.63, 3.8) is 0 Å². The molecule has 0 aliphatic rings. The molecule has 13 heavy (non-hydrogen) atoms. The molecule has 0 bridgehead atoms. The van der Waals surface area contributed by atoms with Crippen LogP contribution in [0.15, 0.2) is 0 Å². The Bertz CT molecular complexity index is 194. The molecule has 0 aliphatic heterocycles. The number of hydrogen-bond acceptors (Lipinski definition) is 3. The van der Waals surface area contributed by atoms with Gasteiger partial charge in [-0.15, -0.1) is 0 Å². The Hall–Kier alpha value is -1.06. The molecule has 4 heteroatoms. The Labute approximate surface area is 78.6 Å². The highest BCUT2D eigenvalue weighted by molar-refractivity contribution is 5.81. The van der Waals surface area contributed by atoms with Gasteiger partial charge in [-0.25, -0.2) is 0 Å². The van der Waals surface area contributed by atoms with Crippen molar-refractivity contribution in [3.05, 3.63) is 0 Å². The van der Waals surface area contributed by atoms with E-state index in [-0.39, 0.29) is 30.3 Å². The maximum Gasteiger partial charge on any atom is 0.306 e. The summed E-state index contributed by atoms with van der Waals surface area (Å²) in [5.74, 6) is -0.484. The highest BCUT2D eigenvalue weighted by Crippen LogP contribution is 2.00. The van der Waals surface area contributed by atoms with Gasteiger partial charge in [-0.1, -0.05) is 0 Å². The van der Waals surface area contributed by atoms with E-state index in [4.69, 9.17) is 0 Å². The number of methoxy groups -OCH3 is 1. The Morgan fingerprint density at radius 3 is 2.15 bits per heavy atom. The second kappa shape index (κ2) is 4.84. The lowest BCUT2D eigenvalue weighted by molar-refractivity contribution is -0.142. The van der Waals surface area contributed by atoms with Gasteiger partial charge in [-0.3, -0.25) is 9.59 Å². The zero-order valence-electron chi connectivity index (χ0n) is 8.64. The van der Waals surface area contributed by atoms with Crippen molar-refractivity contribution in [3.8, 4) is 0 Å². The molecule has 0 aromatic heterocycles. The van der Waals surface area contributed by atoms with Crippen LogP contribution in [0.2, 0.25) is 0 Å². The summed E-state index contributed by atoms with van der Waals surface area (Å²) in [6.07, 6.45) is 0.322. The largest absolute Gasteiger partial charge is 0.469 e. The van der Waals surface area contributed by atoms with Crippen LogP contribution in [0, 0.1) is 0 Å². The fourth-order valence-corrected chi connectivity index (χ4v) is 0.798. The Morgan fingerprint density at radius 1 is 1.23 bits per heavy atom. The zero-order valence-corrected chi connectivity index (χ0v) is 8.64. The number of nitrogens with one attached hydrogen (secondary N) is 1. The van der Waals surface area contributed by atoms with Crippen LogP contribution in [-0.4, -0.2) is 24.5 Å². The van der Waals surface area contributed by atoms with Gasteiger partial charge in [-0.05, 0) is 20.8 Å². The van der Waals surface area contributed by atoms with E-state index in [0.29, 0.717) is 0 Å². The first kappa shape index (κ1) is 11.9. The molecule has 0 saturated heterocycles. The lowest BCUT2D eigenvalue weighted by Crippen LogP contribution is -2.40. The minimum absolute atomic E-state index is 0.127. The zero-order chi connectivity index (χ0) is 10.5. The molecule has 76 valence electrons. The quantitative estimate of drug-likeness (QED) is 0.666. The Morgan fingerprint density at radius 2 is 1.77 bits per heavy atom. The van der Waals surface area contributed by atoms with Gasteiger partial charge >= 0.3 is 5.97 Å². The third-order valence-corrected chi connectivity index (χ3v) is 1.30. The van der Waals surface area contributed by atoms with Crippen LogP contribution in [0.1, 0.15) is 33.6 Å². The molecule has 0 rings (SSSR count). The van der Waals surface area contributed by atoms with Gasteiger partial charge < -0.3 is 10.1 Å². The summed E-state index contributed by atoms with van der Waals surface area (Å²) in [4.78, 5) is 21.8.